The first-order chi connectivity index (χ1) is 12.2. The van der Waals surface area contributed by atoms with E-state index < -0.39 is 0 Å². The molecule has 0 heterocycles. The van der Waals surface area contributed by atoms with E-state index in [4.69, 9.17) is 14.2 Å². The first-order valence-corrected chi connectivity index (χ1v) is 8.93. The average molecular weight is 479 g/mol. The quantitative estimate of drug-likeness (QED) is 0.209. The van der Waals surface area contributed by atoms with E-state index in [9.17, 15) is 0 Å². The fourth-order valence-corrected chi connectivity index (χ4v) is 2.24. The van der Waals surface area contributed by atoms with Crippen LogP contribution in [-0.4, -0.2) is 53.1 Å². The SMILES string of the molecule is CCNC(=NCc1ccc(C)cc1OCCCOC)NCCCOC.I. The van der Waals surface area contributed by atoms with Crippen molar-refractivity contribution in [2.45, 2.75) is 33.2 Å². The van der Waals surface area contributed by atoms with Gasteiger partial charge in [0.15, 0.2) is 5.96 Å². The summed E-state index contributed by atoms with van der Waals surface area (Å²) >= 11 is 0. The highest BCUT2D eigenvalue weighted by Crippen LogP contribution is 2.21. The molecule has 0 aliphatic heterocycles. The minimum atomic E-state index is 0. The van der Waals surface area contributed by atoms with Gasteiger partial charge in [0.2, 0.25) is 0 Å². The highest BCUT2D eigenvalue weighted by atomic mass is 127. The van der Waals surface area contributed by atoms with Gasteiger partial charge in [0.25, 0.3) is 0 Å². The number of guanidine groups is 1. The van der Waals surface area contributed by atoms with Gasteiger partial charge < -0.3 is 24.8 Å². The Labute approximate surface area is 175 Å². The number of halogens is 1. The van der Waals surface area contributed by atoms with E-state index in [-0.39, 0.29) is 24.0 Å². The van der Waals surface area contributed by atoms with E-state index in [1.807, 2.05) is 0 Å². The maximum Gasteiger partial charge on any atom is 0.191 e. The standard InChI is InChI=1S/C19H33N3O3.HI/c1-5-20-19(21-10-6-11-23-3)22-15-17-9-8-16(2)14-18(17)25-13-7-12-24-4;/h8-9,14H,5-7,10-13,15H2,1-4H3,(H2,20,21,22);1H. The summed E-state index contributed by atoms with van der Waals surface area (Å²) in [6.45, 7) is 8.43. The van der Waals surface area contributed by atoms with Crippen molar-refractivity contribution in [1.82, 2.24) is 10.6 Å². The number of nitrogens with one attached hydrogen (secondary N) is 2. The van der Waals surface area contributed by atoms with Gasteiger partial charge in [0.1, 0.15) is 5.75 Å². The molecule has 1 aromatic carbocycles. The first kappa shape index (κ1) is 24.9. The zero-order valence-electron chi connectivity index (χ0n) is 16.5. The molecule has 1 rings (SSSR count). The van der Waals surface area contributed by atoms with Crippen molar-refractivity contribution in [1.29, 1.82) is 0 Å². The normalized spacial score (nSPS) is 11.0. The number of benzene rings is 1. The van der Waals surface area contributed by atoms with Crippen molar-refractivity contribution >= 4 is 29.9 Å². The Hall–Kier alpha value is -1.06. The minimum Gasteiger partial charge on any atom is -0.493 e. The predicted octanol–water partition coefficient (Wildman–Crippen LogP) is 3.12. The van der Waals surface area contributed by atoms with Crippen LogP contribution in [0.5, 0.6) is 5.75 Å². The van der Waals surface area contributed by atoms with E-state index in [0.29, 0.717) is 19.8 Å². The topological polar surface area (TPSA) is 64.1 Å². The Kier molecular flexibility index (Phi) is 15.5. The van der Waals surface area contributed by atoms with Crippen LogP contribution in [0, 0.1) is 6.92 Å². The molecule has 0 unspecified atom stereocenters. The van der Waals surface area contributed by atoms with Gasteiger partial charge in [0, 0.05) is 52.5 Å². The second-order valence-electron chi connectivity index (χ2n) is 5.77. The van der Waals surface area contributed by atoms with Gasteiger partial charge in [-0.1, -0.05) is 12.1 Å². The van der Waals surface area contributed by atoms with Crippen LogP contribution in [0.15, 0.2) is 23.2 Å². The van der Waals surface area contributed by atoms with Crippen LogP contribution in [0.25, 0.3) is 0 Å². The third-order valence-electron chi connectivity index (χ3n) is 3.54. The zero-order valence-corrected chi connectivity index (χ0v) is 18.8. The van der Waals surface area contributed by atoms with Crippen molar-refractivity contribution in [3.63, 3.8) is 0 Å². The number of rotatable bonds is 12. The summed E-state index contributed by atoms with van der Waals surface area (Å²) in [6, 6.07) is 6.24. The Morgan fingerprint density at radius 3 is 2.46 bits per heavy atom. The molecule has 0 aromatic heterocycles. The molecule has 0 saturated carbocycles. The summed E-state index contributed by atoms with van der Waals surface area (Å²) in [5.41, 5.74) is 2.26. The minimum absolute atomic E-state index is 0. The summed E-state index contributed by atoms with van der Waals surface area (Å²) in [6.07, 6.45) is 1.82. The Balaban J connectivity index is 0.00000625. The molecule has 0 aliphatic rings. The third-order valence-corrected chi connectivity index (χ3v) is 3.54. The maximum atomic E-state index is 5.92. The van der Waals surface area contributed by atoms with E-state index in [1.54, 1.807) is 14.2 Å². The molecule has 0 bridgehead atoms. The fraction of sp³-hybridized carbons (Fsp3) is 0.632. The van der Waals surface area contributed by atoms with Gasteiger partial charge in [-0.25, -0.2) is 4.99 Å². The highest BCUT2D eigenvalue weighted by Gasteiger charge is 2.05. The molecule has 0 amide bonds. The average Bonchev–Trinajstić information content (AvgIpc) is 2.61. The molecule has 0 fully saturated rings. The largest absolute Gasteiger partial charge is 0.493 e. The summed E-state index contributed by atoms with van der Waals surface area (Å²) in [4.78, 5) is 4.67. The Morgan fingerprint density at radius 1 is 1.04 bits per heavy atom. The molecule has 0 atom stereocenters. The van der Waals surface area contributed by atoms with Gasteiger partial charge in [0.05, 0.1) is 13.2 Å². The van der Waals surface area contributed by atoms with Crippen molar-refractivity contribution in [2.24, 2.45) is 4.99 Å². The van der Waals surface area contributed by atoms with Crippen molar-refractivity contribution in [2.75, 3.05) is 47.1 Å². The van der Waals surface area contributed by atoms with Crippen LogP contribution in [0.3, 0.4) is 0 Å². The van der Waals surface area contributed by atoms with Gasteiger partial charge >= 0.3 is 0 Å². The van der Waals surface area contributed by atoms with Gasteiger partial charge in [-0.15, -0.1) is 24.0 Å². The predicted molar refractivity (Wildman–Crippen MR) is 118 cm³/mol. The molecule has 0 aliphatic carbocycles. The number of methoxy groups -OCH3 is 2. The van der Waals surface area contributed by atoms with Crippen LogP contribution in [0.4, 0.5) is 0 Å². The molecular formula is C19H34IN3O3. The summed E-state index contributed by atoms with van der Waals surface area (Å²) < 4.78 is 16.1. The van der Waals surface area contributed by atoms with E-state index >= 15 is 0 Å². The summed E-state index contributed by atoms with van der Waals surface area (Å²) in [5.74, 6) is 1.71. The maximum absolute atomic E-state index is 5.92. The second-order valence-corrected chi connectivity index (χ2v) is 5.77. The lowest BCUT2D eigenvalue weighted by molar-refractivity contribution is 0.172. The smallest absolute Gasteiger partial charge is 0.191 e. The number of ether oxygens (including phenoxy) is 3. The number of aryl methyl sites for hydroxylation is 1. The van der Waals surface area contributed by atoms with E-state index in [2.05, 4.69) is 47.7 Å². The van der Waals surface area contributed by atoms with Gasteiger partial charge in [-0.2, -0.15) is 0 Å². The molecule has 0 spiro atoms. The molecule has 150 valence electrons. The fourth-order valence-electron chi connectivity index (χ4n) is 2.24. The van der Waals surface area contributed by atoms with Crippen LogP contribution >= 0.6 is 24.0 Å². The molecule has 1 aromatic rings. The van der Waals surface area contributed by atoms with E-state index in [1.165, 1.54) is 5.56 Å². The van der Waals surface area contributed by atoms with Gasteiger partial charge in [-0.3, -0.25) is 0 Å². The highest BCUT2D eigenvalue weighted by molar-refractivity contribution is 14.0. The molecule has 7 heteroatoms. The molecule has 26 heavy (non-hydrogen) atoms. The summed E-state index contributed by atoms with van der Waals surface area (Å²) in [5, 5.41) is 6.58. The van der Waals surface area contributed by atoms with E-state index in [0.717, 1.165) is 49.8 Å². The van der Waals surface area contributed by atoms with Crippen LogP contribution in [-0.2, 0) is 16.0 Å². The van der Waals surface area contributed by atoms with Crippen LogP contribution in [0.2, 0.25) is 0 Å². The molecule has 6 nitrogen and oxygen atoms in total. The lowest BCUT2D eigenvalue weighted by Gasteiger charge is -2.13. The monoisotopic (exact) mass is 479 g/mol. The molecule has 0 saturated heterocycles. The van der Waals surface area contributed by atoms with Crippen molar-refractivity contribution in [3.05, 3.63) is 29.3 Å². The van der Waals surface area contributed by atoms with Crippen molar-refractivity contribution < 1.29 is 14.2 Å². The van der Waals surface area contributed by atoms with Crippen molar-refractivity contribution in [3.8, 4) is 5.75 Å². The number of hydrogen-bond donors (Lipinski definition) is 2. The number of hydrogen-bond acceptors (Lipinski definition) is 4. The van der Waals surface area contributed by atoms with Crippen LogP contribution < -0.4 is 15.4 Å². The third kappa shape index (κ3) is 10.8. The van der Waals surface area contributed by atoms with Crippen LogP contribution in [0.1, 0.15) is 30.9 Å². The number of aliphatic imine (C=N–C) groups is 1. The molecular weight excluding hydrogens is 445 g/mol. The first-order valence-electron chi connectivity index (χ1n) is 8.93. The van der Waals surface area contributed by atoms with Gasteiger partial charge in [-0.05, 0) is 31.9 Å². The lowest BCUT2D eigenvalue weighted by atomic mass is 10.1. The number of nitrogens with zero attached hydrogens (tertiary/aromatic N) is 1. The summed E-state index contributed by atoms with van der Waals surface area (Å²) in [7, 11) is 3.42. The molecule has 2 N–H and O–H groups in total. The Bertz CT molecular complexity index is 513. The zero-order chi connectivity index (χ0) is 18.3. The second kappa shape index (κ2) is 16.1. The molecule has 0 radical (unpaired) electrons. The lowest BCUT2D eigenvalue weighted by Crippen LogP contribution is -2.38. The Morgan fingerprint density at radius 2 is 1.77 bits per heavy atom.